The maximum atomic E-state index is 8.33. The first-order valence-electron chi connectivity index (χ1n) is 5.53. The van der Waals surface area contributed by atoms with Gasteiger partial charge in [-0.1, -0.05) is 17.2 Å². The maximum Gasteiger partial charge on any atom is 0.0539 e. The van der Waals surface area contributed by atoms with Crippen molar-refractivity contribution in [2.45, 2.75) is 6.54 Å². The third-order valence-electron chi connectivity index (χ3n) is 2.63. The Kier molecular flexibility index (Phi) is 3.50. The zero-order valence-electron chi connectivity index (χ0n) is 10.4. The number of rotatable bonds is 4. The van der Waals surface area contributed by atoms with Crippen LogP contribution in [0.1, 0.15) is 5.56 Å². The van der Waals surface area contributed by atoms with Gasteiger partial charge in [-0.3, -0.25) is 4.68 Å². The Labute approximate surface area is 105 Å². The molecule has 1 aromatic carbocycles. The molecule has 0 bridgehead atoms. The van der Waals surface area contributed by atoms with Crippen molar-refractivity contribution in [2.24, 2.45) is 12.2 Å². The van der Waals surface area contributed by atoms with E-state index in [2.05, 4.69) is 20.0 Å². The number of hydrogen-bond donors (Lipinski definition) is 0. The first kappa shape index (κ1) is 12.0. The standard InChI is InChI=1S/C12H14N6/c1-17(8-10-7-14-18(2)9-10)12-5-3-11(4-6-12)15-16-13/h3-7,9H,8H2,1-2H3. The summed E-state index contributed by atoms with van der Waals surface area (Å²) in [4.78, 5) is 4.86. The molecule has 0 aliphatic heterocycles. The van der Waals surface area contributed by atoms with Gasteiger partial charge >= 0.3 is 0 Å². The van der Waals surface area contributed by atoms with E-state index < -0.39 is 0 Å². The number of azide groups is 1. The minimum atomic E-state index is 0.621. The number of anilines is 1. The monoisotopic (exact) mass is 242 g/mol. The zero-order valence-corrected chi connectivity index (χ0v) is 10.4. The summed E-state index contributed by atoms with van der Waals surface area (Å²) in [6.45, 7) is 0.786. The molecule has 2 aromatic rings. The fourth-order valence-corrected chi connectivity index (χ4v) is 1.74. The molecule has 0 unspecified atom stereocenters. The fourth-order valence-electron chi connectivity index (χ4n) is 1.74. The van der Waals surface area contributed by atoms with Gasteiger partial charge in [0.1, 0.15) is 0 Å². The third-order valence-corrected chi connectivity index (χ3v) is 2.63. The van der Waals surface area contributed by atoms with Crippen LogP contribution in [0, 0.1) is 0 Å². The highest BCUT2D eigenvalue weighted by Crippen LogP contribution is 2.20. The lowest BCUT2D eigenvalue weighted by Gasteiger charge is -2.18. The van der Waals surface area contributed by atoms with Gasteiger partial charge in [0.25, 0.3) is 0 Å². The van der Waals surface area contributed by atoms with E-state index in [1.54, 1.807) is 16.8 Å². The van der Waals surface area contributed by atoms with Crippen molar-refractivity contribution in [3.63, 3.8) is 0 Å². The molecule has 0 spiro atoms. The van der Waals surface area contributed by atoms with Crippen LogP contribution in [0.25, 0.3) is 10.4 Å². The van der Waals surface area contributed by atoms with Crippen molar-refractivity contribution in [3.8, 4) is 0 Å². The van der Waals surface area contributed by atoms with Gasteiger partial charge in [-0.2, -0.15) is 5.10 Å². The lowest BCUT2D eigenvalue weighted by molar-refractivity contribution is 0.766. The van der Waals surface area contributed by atoms with Crippen molar-refractivity contribution in [1.82, 2.24) is 9.78 Å². The predicted octanol–water partition coefficient (Wildman–Crippen LogP) is 3.00. The van der Waals surface area contributed by atoms with Crippen LogP contribution in [0.4, 0.5) is 11.4 Å². The second kappa shape index (κ2) is 5.25. The van der Waals surface area contributed by atoms with Crippen molar-refractivity contribution in [1.29, 1.82) is 0 Å². The van der Waals surface area contributed by atoms with Crippen LogP contribution in [-0.2, 0) is 13.6 Å². The fraction of sp³-hybridized carbons (Fsp3) is 0.250. The van der Waals surface area contributed by atoms with Crippen LogP contribution in [0.3, 0.4) is 0 Å². The van der Waals surface area contributed by atoms with Crippen LogP contribution >= 0.6 is 0 Å². The third kappa shape index (κ3) is 2.81. The highest BCUT2D eigenvalue weighted by atomic mass is 15.2. The SMILES string of the molecule is CN(Cc1cnn(C)c1)c1ccc(N=[N+]=[N-])cc1. The number of benzene rings is 1. The van der Waals surface area contributed by atoms with E-state index in [9.17, 15) is 0 Å². The molecule has 1 heterocycles. The Hall–Kier alpha value is -2.46. The molecule has 0 radical (unpaired) electrons. The summed E-state index contributed by atoms with van der Waals surface area (Å²) >= 11 is 0. The Morgan fingerprint density at radius 2 is 2.11 bits per heavy atom. The normalized spacial score (nSPS) is 9.89. The van der Waals surface area contributed by atoms with Crippen molar-refractivity contribution in [2.75, 3.05) is 11.9 Å². The highest BCUT2D eigenvalue weighted by Gasteiger charge is 2.03. The molecule has 0 N–H and O–H groups in total. The molecule has 0 saturated heterocycles. The first-order chi connectivity index (χ1) is 8.69. The first-order valence-corrected chi connectivity index (χ1v) is 5.53. The summed E-state index contributed by atoms with van der Waals surface area (Å²) in [5.74, 6) is 0. The van der Waals surface area contributed by atoms with Gasteiger partial charge in [-0.15, -0.1) is 0 Å². The van der Waals surface area contributed by atoms with Crippen molar-refractivity contribution >= 4 is 11.4 Å². The topological polar surface area (TPSA) is 69.8 Å². The number of aromatic nitrogens is 2. The van der Waals surface area contributed by atoms with Crippen LogP contribution in [0.5, 0.6) is 0 Å². The molecule has 0 aliphatic carbocycles. The van der Waals surface area contributed by atoms with Crippen LogP contribution in [0.15, 0.2) is 41.8 Å². The molecule has 6 heteroatoms. The molecule has 0 saturated carbocycles. The number of nitrogens with zero attached hydrogens (tertiary/aromatic N) is 6. The van der Waals surface area contributed by atoms with Crippen LogP contribution < -0.4 is 4.90 Å². The van der Waals surface area contributed by atoms with E-state index in [-0.39, 0.29) is 0 Å². The summed E-state index contributed by atoms with van der Waals surface area (Å²) < 4.78 is 1.79. The van der Waals surface area contributed by atoms with Gasteiger partial charge in [0.05, 0.1) is 6.20 Å². The largest absolute Gasteiger partial charge is 0.370 e. The van der Waals surface area contributed by atoms with E-state index in [1.165, 1.54) is 0 Å². The quantitative estimate of drug-likeness (QED) is 0.469. The average molecular weight is 242 g/mol. The van der Waals surface area contributed by atoms with E-state index in [1.807, 2.05) is 38.6 Å². The molecule has 0 fully saturated rings. The molecule has 1 aromatic heterocycles. The molecular weight excluding hydrogens is 228 g/mol. The lowest BCUT2D eigenvalue weighted by Crippen LogP contribution is -2.15. The smallest absolute Gasteiger partial charge is 0.0539 e. The van der Waals surface area contributed by atoms with Crippen molar-refractivity contribution < 1.29 is 0 Å². The Balaban J connectivity index is 2.08. The van der Waals surface area contributed by atoms with E-state index >= 15 is 0 Å². The molecule has 0 atom stereocenters. The predicted molar refractivity (Wildman–Crippen MR) is 70.6 cm³/mol. The average Bonchev–Trinajstić information content (AvgIpc) is 2.76. The van der Waals surface area contributed by atoms with Gasteiger partial charge in [0.2, 0.25) is 0 Å². The second-order valence-corrected chi connectivity index (χ2v) is 4.08. The van der Waals surface area contributed by atoms with Crippen LogP contribution in [0.2, 0.25) is 0 Å². The highest BCUT2D eigenvalue weighted by molar-refractivity contribution is 5.52. The maximum absolute atomic E-state index is 8.33. The molecule has 0 amide bonds. The summed E-state index contributed by atoms with van der Waals surface area (Å²) in [6, 6.07) is 7.46. The number of hydrogen-bond acceptors (Lipinski definition) is 3. The molecule has 2 rings (SSSR count). The minimum absolute atomic E-state index is 0.621. The Morgan fingerprint density at radius 3 is 2.67 bits per heavy atom. The van der Waals surface area contributed by atoms with E-state index in [0.717, 1.165) is 17.8 Å². The van der Waals surface area contributed by atoms with Gasteiger partial charge in [-0.25, -0.2) is 0 Å². The summed E-state index contributed by atoms with van der Waals surface area (Å²) in [7, 11) is 3.91. The number of aryl methyl sites for hydroxylation is 1. The molecule has 18 heavy (non-hydrogen) atoms. The van der Waals surface area contributed by atoms with Gasteiger partial charge in [0.15, 0.2) is 0 Å². The Morgan fingerprint density at radius 1 is 1.39 bits per heavy atom. The van der Waals surface area contributed by atoms with Crippen LogP contribution in [-0.4, -0.2) is 16.8 Å². The summed E-state index contributed by atoms with van der Waals surface area (Å²) in [5, 5.41) is 7.68. The second-order valence-electron chi connectivity index (χ2n) is 4.08. The molecule has 6 nitrogen and oxygen atoms in total. The van der Waals surface area contributed by atoms with Gasteiger partial charge < -0.3 is 4.90 Å². The molecular formula is C12H14N6. The van der Waals surface area contributed by atoms with Gasteiger partial charge in [-0.05, 0) is 17.7 Å². The van der Waals surface area contributed by atoms with Crippen molar-refractivity contribution in [3.05, 3.63) is 52.7 Å². The van der Waals surface area contributed by atoms with Gasteiger partial charge in [0, 0.05) is 48.7 Å². The lowest BCUT2D eigenvalue weighted by atomic mass is 10.2. The van der Waals surface area contributed by atoms with E-state index in [0.29, 0.717) is 5.69 Å². The van der Waals surface area contributed by atoms with E-state index in [4.69, 9.17) is 5.53 Å². The molecule has 0 aliphatic rings. The summed E-state index contributed by atoms with van der Waals surface area (Å²) in [6.07, 6.45) is 3.84. The zero-order chi connectivity index (χ0) is 13.0. The minimum Gasteiger partial charge on any atom is -0.370 e. The summed E-state index contributed by atoms with van der Waals surface area (Å²) in [5.41, 5.74) is 11.2. The Bertz CT molecular complexity index is 565. The molecule has 92 valence electrons.